The summed E-state index contributed by atoms with van der Waals surface area (Å²) in [7, 11) is 0. The summed E-state index contributed by atoms with van der Waals surface area (Å²) >= 11 is 11.2. The molecule has 0 aliphatic heterocycles. The molecule has 12 heteroatoms. The maximum absolute atomic E-state index is 12.8. The van der Waals surface area contributed by atoms with E-state index in [9.17, 15) is 36.2 Å². The maximum atomic E-state index is 12.8. The third-order valence-corrected chi connectivity index (χ3v) is 3.32. The second kappa shape index (κ2) is 6.25. The molecule has 4 nitrogen and oxygen atoms in total. The Kier molecular flexibility index (Phi) is 5.34. The van der Waals surface area contributed by atoms with Crippen LogP contribution in [0.15, 0.2) is 12.1 Å². The number of carbonyl (C=O) groups is 1. The van der Waals surface area contributed by atoms with Gasteiger partial charge in [-0.05, 0) is 12.1 Å². The van der Waals surface area contributed by atoms with Crippen LogP contribution in [-0.2, 0) is 10.4 Å². The third kappa shape index (κ3) is 3.75. The highest BCUT2D eigenvalue weighted by Crippen LogP contribution is 2.51. The first-order valence-corrected chi connectivity index (χ1v) is 6.35. The van der Waals surface area contributed by atoms with Crippen molar-refractivity contribution in [3.8, 4) is 0 Å². The van der Waals surface area contributed by atoms with E-state index in [2.05, 4.69) is 5.32 Å². The highest BCUT2D eigenvalue weighted by atomic mass is 35.5. The van der Waals surface area contributed by atoms with Crippen LogP contribution in [0.1, 0.15) is 5.56 Å². The van der Waals surface area contributed by atoms with Crippen molar-refractivity contribution in [3.63, 3.8) is 0 Å². The van der Waals surface area contributed by atoms with Crippen LogP contribution < -0.4 is 11.1 Å². The molecule has 1 aromatic carbocycles. The Hall–Kier alpha value is -1.39. The number of anilines is 1. The van der Waals surface area contributed by atoms with Crippen LogP contribution in [0, 0.1) is 0 Å². The molecule has 1 rings (SSSR count). The fourth-order valence-electron chi connectivity index (χ4n) is 1.61. The standard InChI is InChI=1S/C11H8Cl2F6N2O2/c12-5-1-4(2-6(13)8(5)21-3-7(20)22)9(23,10(14,15)16)11(17,18)19/h1-2,21,23H,3H2,(H2,20,22). The maximum Gasteiger partial charge on any atom is 0.430 e. The van der Waals surface area contributed by atoms with Crippen molar-refractivity contribution < 1.29 is 36.2 Å². The van der Waals surface area contributed by atoms with Gasteiger partial charge in [0.05, 0.1) is 22.3 Å². The number of rotatable bonds is 4. The van der Waals surface area contributed by atoms with Crippen LogP contribution in [0.25, 0.3) is 0 Å². The first-order valence-electron chi connectivity index (χ1n) is 5.59. The summed E-state index contributed by atoms with van der Waals surface area (Å²) in [5.41, 5.74) is -2.25. The molecule has 0 bridgehead atoms. The average Bonchev–Trinajstić information content (AvgIpc) is 2.33. The molecule has 0 spiro atoms. The number of aliphatic hydroxyl groups is 1. The van der Waals surface area contributed by atoms with Crippen molar-refractivity contribution in [2.75, 3.05) is 11.9 Å². The quantitative estimate of drug-likeness (QED) is 0.697. The fourth-order valence-corrected chi connectivity index (χ4v) is 2.24. The molecule has 0 radical (unpaired) electrons. The topological polar surface area (TPSA) is 75.4 Å². The molecule has 0 atom stereocenters. The lowest BCUT2D eigenvalue weighted by Crippen LogP contribution is -2.53. The normalized spacial score (nSPS) is 13.1. The van der Waals surface area contributed by atoms with Gasteiger partial charge in [0.2, 0.25) is 5.91 Å². The molecule has 0 aliphatic rings. The van der Waals surface area contributed by atoms with Crippen molar-refractivity contribution in [1.82, 2.24) is 0 Å². The van der Waals surface area contributed by atoms with E-state index in [1.807, 2.05) is 0 Å². The Labute approximate surface area is 135 Å². The number of hydrogen-bond acceptors (Lipinski definition) is 3. The first-order chi connectivity index (χ1) is 10.2. The zero-order valence-electron chi connectivity index (χ0n) is 10.8. The van der Waals surface area contributed by atoms with Gasteiger partial charge in [-0.15, -0.1) is 0 Å². The molecule has 1 aromatic rings. The van der Waals surface area contributed by atoms with E-state index in [4.69, 9.17) is 28.9 Å². The number of amides is 1. The first kappa shape index (κ1) is 19.7. The van der Waals surface area contributed by atoms with Gasteiger partial charge < -0.3 is 16.2 Å². The minimum absolute atomic E-state index is 0.248. The Morgan fingerprint density at radius 3 is 1.78 bits per heavy atom. The van der Waals surface area contributed by atoms with Crippen molar-refractivity contribution in [1.29, 1.82) is 0 Å². The fraction of sp³-hybridized carbons (Fsp3) is 0.364. The van der Waals surface area contributed by atoms with E-state index in [1.54, 1.807) is 0 Å². The monoisotopic (exact) mass is 384 g/mol. The second-order valence-electron chi connectivity index (χ2n) is 4.34. The van der Waals surface area contributed by atoms with Crippen LogP contribution in [0.3, 0.4) is 0 Å². The zero-order valence-corrected chi connectivity index (χ0v) is 12.3. The lowest BCUT2D eigenvalue weighted by atomic mass is 9.92. The molecule has 0 fully saturated rings. The number of benzene rings is 1. The van der Waals surface area contributed by atoms with Gasteiger partial charge in [0.1, 0.15) is 0 Å². The predicted octanol–water partition coefficient (Wildman–Crippen LogP) is 3.20. The van der Waals surface area contributed by atoms with Crippen molar-refractivity contribution in [3.05, 3.63) is 27.7 Å². The number of nitrogens with two attached hydrogens (primary N) is 1. The minimum atomic E-state index is -6.07. The second-order valence-corrected chi connectivity index (χ2v) is 5.16. The molecule has 0 saturated heterocycles. The van der Waals surface area contributed by atoms with Gasteiger partial charge >= 0.3 is 12.4 Å². The van der Waals surface area contributed by atoms with Gasteiger partial charge in [-0.3, -0.25) is 4.79 Å². The molecule has 0 aliphatic carbocycles. The molecule has 23 heavy (non-hydrogen) atoms. The minimum Gasteiger partial charge on any atom is -0.374 e. The largest absolute Gasteiger partial charge is 0.430 e. The zero-order chi connectivity index (χ0) is 18.2. The molecule has 0 heterocycles. The summed E-state index contributed by atoms with van der Waals surface area (Å²) in [6, 6.07) is 0.496. The molecule has 1 amide bonds. The van der Waals surface area contributed by atoms with Crippen molar-refractivity contribution in [2.45, 2.75) is 18.0 Å². The molecular formula is C11H8Cl2F6N2O2. The van der Waals surface area contributed by atoms with Crippen LogP contribution in [0.5, 0.6) is 0 Å². The van der Waals surface area contributed by atoms with Gasteiger partial charge in [0.15, 0.2) is 0 Å². The highest BCUT2D eigenvalue weighted by molar-refractivity contribution is 6.39. The molecule has 0 aromatic heterocycles. The number of carbonyl (C=O) groups excluding carboxylic acids is 1. The van der Waals surface area contributed by atoms with Crippen LogP contribution in [-0.4, -0.2) is 29.9 Å². The summed E-state index contributed by atoms with van der Waals surface area (Å²) in [6.07, 6.45) is -12.1. The number of nitrogens with one attached hydrogen (secondary N) is 1. The highest BCUT2D eigenvalue weighted by Gasteiger charge is 2.71. The van der Waals surface area contributed by atoms with Crippen molar-refractivity contribution in [2.24, 2.45) is 5.73 Å². The molecule has 130 valence electrons. The van der Waals surface area contributed by atoms with Gasteiger partial charge in [-0.2, -0.15) is 26.3 Å². The number of halogens is 8. The summed E-state index contributed by atoms with van der Waals surface area (Å²) in [5.74, 6) is -0.872. The van der Waals surface area contributed by atoms with Gasteiger partial charge in [-0.1, -0.05) is 23.2 Å². The summed E-state index contributed by atoms with van der Waals surface area (Å²) in [5, 5.41) is 10.2. The lowest BCUT2D eigenvalue weighted by molar-refractivity contribution is -0.376. The Morgan fingerprint density at radius 2 is 1.48 bits per heavy atom. The van der Waals surface area contributed by atoms with Gasteiger partial charge in [0, 0.05) is 5.56 Å². The summed E-state index contributed by atoms with van der Waals surface area (Å²) in [6.45, 7) is -0.512. The van der Waals surface area contributed by atoms with E-state index >= 15 is 0 Å². The molecule has 4 N–H and O–H groups in total. The Balaban J connectivity index is 3.46. The van der Waals surface area contributed by atoms with E-state index in [0.29, 0.717) is 0 Å². The average molecular weight is 385 g/mol. The van der Waals surface area contributed by atoms with Crippen LogP contribution in [0.4, 0.5) is 32.0 Å². The van der Waals surface area contributed by atoms with E-state index in [-0.39, 0.29) is 17.8 Å². The number of primary amides is 1. The van der Waals surface area contributed by atoms with E-state index in [1.165, 1.54) is 0 Å². The van der Waals surface area contributed by atoms with Crippen LogP contribution >= 0.6 is 23.2 Å². The van der Waals surface area contributed by atoms with Crippen LogP contribution in [0.2, 0.25) is 10.0 Å². The SMILES string of the molecule is NC(=O)CNc1c(Cl)cc(C(O)(C(F)(F)F)C(F)(F)F)cc1Cl. The Morgan fingerprint density at radius 1 is 1.09 bits per heavy atom. The third-order valence-electron chi connectivity index (χ3n) is 2.72. The summed E-state index contributed by atoms with van der Waals surface area (Å²) < 4.78 is 76.6. The lowest BCUT2D eigenvalue weighted by Gasteiger charge is -2.33. The summed E-state index contributed by atoms with van der Waals surface area (Å²) in [4.78, 5) is 10.6. The van der Waals surface area contributed by atoms with Crippen molar-refractivity contribution >= 4 is 34.8 Å². The van der Waals surface area contributed by atoms with E-state index in [0.717, 1.165) is 0 Å². The predicted molar refractivity (Wildman–Crippen MR) is 70.2 cm³/mol. The molecule has 0 unspecified atom stereocenters. The van der Waals surface area contributed by atoms with Gasteiger partial charge in [-0.25, -0.2) is 0 Å². The van der Waals surface area contributed by atoms with E-state index < -0.39 is 46.0 Å². The molecular weight excluding hydrogens is 377 g/mol. The smallest absolute Gasteiger partial charge is 0.374 e. The Bertz CT molecular complexity index is 581. The molecule has 0 saturated carbocycles. The van der Waals surface area contributed by atoms with Gasteiger partial charge in [0.25, 0.3) is 5.60 Å². The number of hydrogen-bond donors (Lipinski definition) is 3. The number of alkyl halides is 6.